The molecule has 5 atom stereocenters. The first-order valence-corrected chi connectivity index (χ1v) is 20.4. The fourth-order valence-corrected chi connectivity index (χ4v) is 6.12. The molecule has 0 unspecified atom stereocenters. The number of carbonyl (C=O) groups excluding carboxylic acids is 3. The van der Waals surface area contributed by atoms with Crippen molar-refractivity contribution in [2.45, 2.75) is 82.3 Å². The Labute approximate surface area is 347 Å². The smallest absolute Gasteiger partial charge is 0.246 e. The van der Waals surface area contributed by atoms with Gasteiger partial charge in [0.25, 0.3) is 0 Å². The van der Waals surface area contributed by atoms with E-state index in [0.29, 0.717) is 77.5 Å². The van der Waals surface area contributed by atoms with Crippen molar-refractivity contribution in [1.82, 2.24) is 21.3 Å². The van der Waals surface area contributed by atoms with Crippen LogP contribution in [-0.4, -0.2) is 143 Å². The summed E-state index contributed by atoms with van der Waals surface area (Å²) in [6, 6.07) is 16.9. The zero-order chi connectivity index (χ0) is 42.5. The molecule has 2 aromatic rings. The van der Waals surface area contributed by atoms with E-state index in [2.05, 4.69) is 33.3 Å². The number of nitrogens with zero attached hydrogens (tertiary/aromatic N) is 1. The lowest BCUT2D eigenvalue weighted by molar-refractivity contribution is -0.157. The van der Waals surface area contributed by atoms with Gasteiger partial charge in [0.2, 0.25) is 17.7 Å². The third-order valence-corrected chi connectivity index (χ3v) is 9.41. The fourth-order valence-electron chi connectivity index (χ4n) is 6.12. The highest BCUT2D eigenvalue weighted by molar-refractivity contribution is 5.79. The lowest BCUT2D eigenvalue weighted by Gasteiger charge is -2.40. The van der Waals surface area contributed by atoms with Gasteiger partial charge in [-0.15, -0.1) is 0 Å². The third kappa shape index (κ3) is 20.5. The van der Waals surface area contributed by atoms with Crippen molar-refractivity contribution in [2.24, 2.45) is 5.11 Å². The van der Waals surface area contributed by atoms with E-state index in [-0.39, 0.29) is 50.7 Å². The van der Waals surface area contributed by atoms with Crippen LogP contribution in [0.4, 0.5) is 0 Å². The Morgan fingerprint density at radius 2 is 1.54 bits per heavy atom. The summed E-state index contributed by atoms with van der Waals surface area (Å²) in [6.45, 7) is 4.83. The molecule has 1 saturated heterocycles. The van der Waals surface area contributed by atoms with Crippen LogP contribution in [0.5, 0.6) is 0 Å². The van der Waals surface area contributed by atoms with Gasteiger partial charge in [0, 0.05) is 38.9 Å². The summed E-state index contributed by atoms with van der Waals surface area (Å²) in [5.41, 5.74) is 10.7. The molecule has 328 valence electrons. The van der Waals surface area contributed by atoms with Crippen LogP contribution in [0, 0.1) is 5.53 Å². The van der Waals surface area contributed by atoms with Gasteiger partial charge >= 0.3 is 0 Å². The second-order valence-corrected chi connectivity index (χ2v) is 14.1. The first-order valence-electron chi connectivity index (χ1n) is 20.4. The first kappa shape index (κ1) is 49.0. The van der Waals surface area contributed by atoms with E-state index in [1.54, 1.807) is 6.20 Å². The van der Waals surface area contributed by atoms with Crippen LogP contribution in [-0.2, 0) is 44.5 Å². The topological polar surface area (TPSA) is 242 Å². The Hall–Kier alpha value is -4.33. The zero-order valence-corrected chi connectivity index (χ0v) is 34.2. The van der Waals surface area contributed by atoms with Gasteiger partial charge in [-0.2, -0.15) is 5.11 Å². The molecule has 2 aromatic carbocycles. The van der Waals surface area contributed by atoms with Crippen molar-refractivity contribution in [3.63, 3.8) is 0 Å². The molecule has 3 amide bonds. The maximum Gasteiger partial charge on any atom is 0.246 e. The summed E-state index contributed by atoms with van der Waals surface area (Å²) in [4.78, 5) is 36.4. The molecular formula is C42H64N6O11. The van der Waals surface area contributed by atoms with Crippen molar-refractivity contribution in [3.05, 3.63) is 72.1 Å². The number of hydrogen-bond donors (Lipinski definition) is 8. The molecule has 3 rings (SSSR count). The van der Waals surface area contributed by atoms with Gasteiger partial charge < -0.3 is 60.3 Å². The van der Waals surface area contributed by atoms with Gasteiger partial charge in [-0.3, -0.25) is 14.4 Å². The molecule has 1 heterocycles. The highest BCUT2D eigenvalue weighted by Gasteiger charge is 2.39. The number of benzene rings is 2. The predicted molar refractivity (Wildman–Crippen MR) is 219 cm³/mol. The van der Waals surface area contributed by atoms with Crippen LogP contribution >= 0.6 is 0 Å². The number of nitrogens with one attached hydrogen (secondary N) is 5. The average Bonchev–Trinajstić information content (AvgIpc) is 3.25. The number of ether oxygens (including phenoxy) is 5. The number of aliphatic hydroxyl groups excluding tert-OH is 3. The minimum absolute atomic E-state index is 0.0128. The van der Waals surface area contributed by atoms with Crippen LogP contribution in [0.25, 0.3) is 11.1 Å². The lowest BCUT2D eigenvalue weighted by atomic mass is 9.91. The molecule has 1 aliphatic rings. The van der Waals surface area contributed by atoms with E-state index in [1.807, 2.05) is 54.6 Å². The maximum absolute atomic E-state index is 12.7. The quantitative estimate of drug-likeness (QED) is 0.0402. The molecule has 0 bridgehead atoms. The van der Waals surface area contributed by atoms with E-state index in [0.717, 1.165) is 29.5 Å². The second kappa shape index (κ2) is 29.8. The maximum atomic E-state index is 12.7. The Morgan fingerprint density at radius 1 is 0.847 bits per heavy atom. The zero-order valence-electron chi connectivity index (χ0n) is 34.2. The van der Waals surface area contributed by atoms with E-state index in [9.17, 15) is 29.7 Å². The fraction of sp³-hybridized carbons (Fsp3) is 0.595. The normalized spacial score (nSPS) is 17.8. The molecule has 0 aliphatic carbocycles. The molecule has 0 spiro atoms. The molecule has 0 radical (unpaired) electrons. The number of unbranched alkanes of at least 4 members (excludes halogenated alkanes) is 1. The van der Waals surface area contributed by atoms with Gasteiger partial charge in [-0.05, 0) is 42.4 Å². The van der Waals surface area contributed by atoms with E-state index in [1.165, 1.54) is 0 Å². The number of amides is 3. The highest BCUT2D eigenvalue weighted by atomic mass is 16.5. The second-order valence-electron chi connectivity index (χ2n) is 14.1. The van der Waals surface area contributed by atoms with Crippen molar-refractivity contribution in [3.8, 4) is 11.1 Å². The third-order valence-electron chi connectivity index (χ3n) is 9.41. The molecule has 0 aromatic heterocycles. The Bertz CT molecular complexity index is 1520. The van der Waals surface area contributed by atoms with Crippen LogP contribution in [0.15, 0.2) is 71.6 Å². The van der Waals surface area contributed by atoms with Crippen LogP contribution in [0.1, 0.15) is 51.0 Å². The van der Waals surface area contributed by atoms with Gasteiger partial charge in [0.15, 0.2) is 0 Å². The monoisotopic (exact) mass is 828 g/mol. The first-order chi connectivity index (χ1) is 28.7. The lowest BCUT2D eigenvalue weighted by Crippen LogP contribution is -2.58. The van der Waals surface area contributed by atoms with E-state index < -0.39 is 36.9 Å². The number of carbonyl (C=O) groups is 3. The van der Waals surface area contributed by atoms with Gasteiger partial charge in [-0.1, -0.05) is 67.9 Å². The molecule has 8 N–H and O–H groups in total. The van der Waals surface area contributed by atoms with Crippen molar-refractivity contribution < 1.29 is 53.4 Å². The summed E-state index contributed by atoms with van der Waals surface area (Å²) >= 11 is 0. The molecule has 0 saturated carbocycles. The minimum Gasteiger partial charge on any atom is -0.388 e. The van der Waals surface area contributed by atoms with Gasteiger partial charge in [0.1, 0.15) is 24.5 Å². The molecule has 1 fully saturated rings. The van der Waals surface area contributed by atoms with E-state index >= 15 is 0 Å². The van der Waals surface area contributed by atoms with Crippen LogP contribution in [0.3, 0.4) is 0 Å². The molecule has 59 heavy (non-hydrogen) atoms. The van der Waals surface area contributed by atoms with Crippen molar-refractivity contribution in [1.29, 1.82) is 5.53 Å². The summed E-state index contributed by atoms with van der Waals surface area (Å²) in [5, 5.41) is 45.9. The predicted octanol–water partition coefficient (Wildman–Crippen LogP) is 1.98. The van der Waals surface area contributed by atoms with Gasteiger partial charge in [0.05, 0.1) is 70.9 Å². The number of aliphatic hydroxyl groups is 3. The minimum atomic E-state index is -1.44. The standard InChI is InChI=1S/C42H64N6O11/c1-2-3-17-45-38(51)16-20-56-22-23-57-21-18-44-27-34(48-43)30-58-25-24-55-19-15-35-13-14-36(47-40(53)29-49)42(59-35)41(54)37(50)28-46-39(52)26-31-9-11-33(12-10-31)32-7-5-4-6-8-32/h4-12,27,35-37,41-44,49-50,54H,2-3,13-26,28-30H2,1H3,(H,45,51)(H,46,52)(H,47,53)/b34-27-,48-43?/t35-,36-,37-,41-,42-/m1/s1. The summed E-state index contributed by atoms with van der Waals surface area (Å²) in [7, 11) is 0. The highest BCUT2D eigenvalue weighted by Crippen LogP contribution is 2.26. The van der Waals surface area contributed by atoms with E-state index in [4.69, 9.17) is 29.2 Å². The van der Waals surface area contributed by atoms with Crippen LogP contribution in [0.2, 0.25) is 0 Å². The Balaban J connectivity index is 1.29. The molecule has 17 heteroatoms. The molecule has 1 aliphatic heterocycles. The van der Waals surface area contributed by atoms with Crippen molar-refractivity contribution in [2.75, 3.05) is 79.1 Å². The molecular weight excluding hydrogens is 764 g/mol. The largest absolute Gasteiger partial charge is 0.388 e. The van der Waals surface area contributed by atoms with Crippen molar-refractivity contribution >= 4 is 17.7 Å². The summed E-state index contributed by atoms with van der Waals surface area (Å²) < 4.78 is 28.4. The number of rotatable bonds is 31. The number of hydrogen-bond acceptors (Lipinski definition) is 14. The van der Waals surface area contributed by atoms with Crippen LogP contribution < -0.4 is 21.3 Å². The summed E-state index contributed by atoms with van der Waals surface area (Å²) in [6.07, 6.45) is 1.28. The average molecular weight is 829 g/mol. The Morgan fingerprint density at radius 3 is 2.25 bits per heavy atom. The Kier molecular flexibility index (Phi) is 24.8. The summed E-state index contributed by atoms with van der Waals surface area (Å²) in [5.74, 6) is -0.969. The SMILES string of the molecule is CCCCNC(=O)CCOCCOCCN/C=C(/COCCOCC[C@H]1CC[C@@H](NC(=O)CO)[C@H]([C@H](O)[C@H](O)CNC(=O)Cc2ccc(-c3ccccc3)cc2)O1)N=N. The molecule has 17 nitrogen and oxygen atoms in total. The van der Waals surface area contributed by atoms with Gasteiger partial charge in [-0.25, -0.2) is 5.53 Å².